The minimum Gasteiger partial charge on any atom is -0.369 e. The number of fused-ring (bicyclic) bond motifs is 3. The largest absolute Gasteiger partial charge is 0.405 e. The maximum absolute atomic E-state index is 16.4. The van der Waals surface area contributed by atoms with E-state index in [1.807, 2.05) is 23.2 Å². The number of piperidine rings is 1. The fourth-order valence-electron chi connectivity index (χ4n) is 5.95. The van der Waals surface area contributed by atoms with Crippen LogP contribution in [0.3, 0.4) is 0 Å². The van der Waals surface area contributed by atoms with E-state index in [2.05, 4.69) is 5.32 Å². The Balaban J connectivity index is 1.46. The number of nitrogens with zero attached hydrogens (tertiary/aromatic N) is 1. The lowest BCUT2D eigenvalue weighted by molar-refractivity contribution is -0.138. The number of rotatable bonds is 8. The Bertz CT molecular complexity index is 1470. The highest BCUT2D eigenvalue weighted by molar-refractivity contribution is 5.98. The molecule has 1 aliphatic heterocycles. The highest BCUT2D eigenvalue weighted by Crippen LogP contribution is 2.50. The van der Waals surface area contributed by atoms with E-state index in [-0.39, 0.29) is 29.5 Å². The Labute approximate surface area is 241 Å². The van der Waals surface area contributed by atoms with Gasteiger partial charge in [0.05, 0.1) is 11.6 Å². The van der Waals surface area contributed by atoms with Crippen molar-refractivity contribution >= 4 is 17.5 Å². The molecule has 0 saturated carbocycles. The SMILES string of the molecule is CCCCc1c(F)c(N2CCC(NC(=O)c3ccccc3)CC2)cc2c1C(C(=O)NCC(F)(F)F)c1cc(F)ccc1-2. The summed E-state index contributed by atoms with van der Waals surface area (Å²) in [5.74, 6) is -3.53. The molecule has 5 rings (SSSR count). The molecular weight excluding hydrogens is 553 g/mol. The van der Waals surface area contributed by atoms with Crippen molar-refractivity contribution in [2.24, 2.45) is 0 Å². The van der Waals surface area contributed by atoms with Gasteiger partial charge in [0.2, 0.25) is 5.91 Å². The quantitative estimate of drug-likeness (QED) is 0.297. The fraction of sp³-hybridized carbons (Fsp3) is 0.375. The molecule has 0 aromatic heterocycles. The van der Waals surface area contributed by atoms with E-state index >= 15 is 4.39 Å². The first kappa shape index (κ1) is 29.5. The number of unbranched alkanes of at least 4 members (excludes halogenated alkanes) is 1. The van der Waals surface area contributed by atoms with Crippen LogP contribution in [0.1, 0.15) is 65.6 Å². The molecule has 1 heterocycles. The molecule has 5 nitrogen and oxygen atoms in total. The summed E-state index contributed by atoms with van der Waals surface area (Å²) in [6.45, 7) is 1.33. The monoisotopic (exact) mass is 585 g/mol. The van der Waals surface area contributed by atoms with Gasteiger partial charge in [-0.05, 0) is 83.8 Å². The second kappa shape index (κ2) is 12.1. The number of halogens is 5. The summed E-state index contributed by atoms with van der Waals surface area (Å²) in [6, 6.07) is 14.3. The van der Waals surface area contributed by atoms with Crippen LogP contribution in [0.2, 0.25) is 0 Å². The third kappa shape index (κ3) is 6.12. The molecule has 0 radical (unpaired) electrons. The molecule has 1 saturated heterocycles. The highest BCUT2D eigenvalue weighted by atomic mass is 19.4. The van der Waals surface area contributed by atoms with Crippen molar-refractivity contribution in [1.29, 1.82) is 0 Å². The zero-order valence-corrected chi connectivity index (χ0v) is 23.2. The minimum atomic E-state index is -4.63. The Morgan fingerprint density at radius 1 is 0.976 bits per heavy atom. The number of benzene rings is 3. The van der Waals surface area contributed by atoms with Crippen LogP contribution < -0.4 is 15.5 Å². The van der Waals surface area contributed by atoms with Crippen molar-refractivity contribution < 1.29 is 31.5 Å². The van der Waals surface area contributed by atoms with Crippen LogP contribution in [0.4, 0.5) is 27.6 Å². The van der Waals surface area contributed by atoms with Gasteiger partial charge in [0, 0.05) is 24.7 Å². The van der Waals surface area contributed by atoms with Gasteiger partial charge in [-0.15, -0.1) is 0 Å². The highest BCUT2D eigenvalue weighted by Gasteiger charge is 2.40. The molecule has 10 heteroatoms. The molecule has 0 spiro atoms. The van der Waals surface area contributed by atoms with E-state index < -0.39 is 36.2 Å². The molecule has 42 heavy (non-hydrogen) atoms. The first-order valence-corrected chi connectivity index (χ1v) is 14.2. The lowest BCUT2D eigenvalue weighted by atomic mass is 9.88. The molecule has 3 aromatic carbocycles. The third-order valence-electron chi connectivity index (χ3n) is 8.00. The summed E-state index contributed by atoms with van der Waals surface area (Å²) in [4.78, 5) is 27.7. The van der Waals surface area contributed by atoms with Gasteiger partial charge >= 0.3 is 6.18 Å². The average molecular weight is 586 g/mol. The summed E-state index contributed by atoms with van der Waals surface area (Å²) < 4.78 is 69.6. The number of anilines is 1. The number of carbonyl (C=O) groups is 2. The molecule has 2 N–H and O–H groups in total. The molecule has 1 fully saturated rings. The summed E-state index contributed by atoms with van der Waals surface area (Å²) in [6.07, 6.45) is -1.84. The van der Waals surface area contributed by atoms with Crippen LogP contribution in [0.15, 0.2) is 54.6 Å². The lowest BCUT2D eigenvalue weighted by Crippen LogP contribution is -2.45. The molecule has 1 atom stereocenters. The Morgan fingerprint density at radius 3 is 2.36 bits per heavy atom. The van der Waals surface area contributed by atoms with E-state index in [1.165, 1.54) is 12.1 Å². The topological polar surface area (TPSA) is 61.4 Å². The number of alkyl halides is 3. The van der Waals surface area contributed by atoms with Crippen LogP contribution in [-0.2, 0) is 11.2 Å². The van der Waals surface area contributed by atoms with Crippen molar-refractivity contribution in [3.8, 4) is 11.1 Å². The maximum atomic E-state index is 16.4. The van der Waals surface area contributed by atoms with Crippen LogP contribution in [0.5, 0.6) is 0 Å². The number of nitrogens with one attached hydrogen (secondary N) is 2. The second-order valence-corrected chi connectivity index (χ2v) is 10.9. The second-order valence-electron chi connectivity index (χ2n) is 10.9. The van der Waals surface area contributed by atoms with E-state index in [0.717, 1.165) is 12.5 Å². The average Bonchev–Trinajstić information content (AvgIpc) is 3.28. The van der Waals surface area contributed by atoms with Crippen LogP contribution in [0, 0.1) is 11.6 Å². The Kier molecular flexibility index (Phi) is 8.52. The van der Waals surface area contributed by atoms with Gasteiger partial charge in [-0.25, -0.2) is 8.78 Å². The predicted octanol–water partition coefficient (Wildman–Crippen LogP) is 6.50. The van der Waals surface area contributed by atoms with Crippen molar-refractivity contribution in [3.05, 3.63) is 88.5 Å². The Hall–Kier alpha value is -3.95. The summed E-state index contributed by atoms with van der Waals surface area (Å²) >= 11 is 0. The van der Waals surface area contributed by atoms with Crippen LogP contribution >= 0.6 is 0 Å². The predicted molar refractivity (Wildman–Crippen MR) is 150 cm³/mol. The number of hydrogen-bond acceptors (Lipinski definition) is 3. The van der Waals surface area contributed by atoms with Gasteiger partial charge in [0.1, 0.15) is 18.2 Å². The smallest absolute Gasteiger partial charge is 0.369 e. The molecule has 3 aromatic rings. The zero-order valence-electron chi connectivity index (χ0n) is 23.2. The Morgan fingerprint density at radius 2 is 1.69 bits per heavy atom. The van der Waals surface area contributed by atoms with Crippen LogP contribution in [-0.4, -0.2) is 43.7 Å². The number of amides is 2. The first-order valence-electron chi connectivity index (χ1n) is 14.2. The van der Waals surface area contributed by atoms with E-state index in [0.29, 0.717) is 60.3 Å². The number of carbonyl (C=O) groups excluding carboxylic acids is 2. The van der Waals surface area contributed by atoms with Crippen molar-refractivity contribution in [2.45, 2.75) is 57.2 Å². The van der Waals surface area contributed by atoms with Gasteiger partial charge in [0.25, 0.3) is 5.91 Å². The summed E-state index contributed by atoms with van der Waals surface area (Å²) in [5.41, 5.74) is 2.72. The normalized spacial score (nSPS) is 16.6. The van der Waals surface area contributed by atoms with Crippen LogP contribution in [0.25, 0.3) is 11.1 Å². The number of hydrogen-bond donors (Lipinski definition) is 2. The van der Waals surface area contributed by atoms with E-state index in [4.69, 9.17) is 0 Å². The van der Waals surface area contributed by atoms with E-state index in [1.54, 1.807) is 30.3 Å². The minimum absolute atomic E-state index is 0.0867. The lowest BCUT2D eigenvalue weighted by Gasteiger charge is -2.35. The first-order chi connectivity index (χ1) is 20.1. The van der Waals surface area contributed by atoms with Gasteiger partial charge in [0.15, 0.2) is 0 Å². The fourth-order valence-corrected chi connectivity index (χ4v) is 5.95. The molecule has 2 amide bonds. The van der Waals surface area contributed by atoms with E-state index in [9.17, 15) is 27.2 Å². The zero-order chi connectivity index (χ0) is 30.0. The molecule has 1 unspecified atom stereocenters. The molecular formula is C32H32F5N3O2. The van der Waals surface area contributed by atoms with Crippen molar-refractivity contribution in [3.63, 3.8) is 0 Å². The third-order valence-corrected chi connectivity index (χ3v) is 8.00. The summed E-state index contributed by atoms with van der Waals surface area (Å²) in [7, 11) is 0. The van der Waals surface area contributed by atoms with Crippen molar-refractivity contribution in [1.82, 2.24) is 10.6 Å². The van der Waals surface area contributed by atoms with Crippen molar-refractivity contribution in [2.75, 3.05) is 24.5 Å². The van der Waals surface area contributed by atoms with Gasteiger partial charge in [-0.2, -0.15) is 13.2 Å². The maximum Gasteiger partial charge on any atom is 0.405 e. The molecule has 0 bridgehead atoms. The summed E-state index contributed by atoms with van der Waals surface area (Å²) in [5, 5.41) is 4.97. The van der Waals surface area contributed by atoms with Gasteiger partial charge < -0.3 is 15.5 Å². The standard InChI is InChI=1S/C32H32F5N3O2/c1-2-3-9-23-27-25(22-11-10-20(33)16-24(22)28(27)31(42)38-18-32(35,36)37)17-26(29(23)34)40-14-12-21(13-15-40)39-30(41)19-7-5-4-6-8-19/h4-8,10-11,16-17,21,28H,2-3,9,12-15,18H2,1H3,(H,38,42)(H,39,41). The molecule has 222 valence electrons. The molecule has 2 aliphatic rings. The van der Waals surface area contributed by atoms with Gasteiger partial charge in [-0.1, -0.05) is 37.6 Å². The van der Waals surface area contributed by atoms with Gasteiger partial charge in [-0.3, -0.25) is 9.59 Å². The molecule has 1 aliphatic carbocycles.